The number of carbonyl (C=O) groups is 3. The van der Waals surface area contributed by atoms with Crippen LogP contribution < -0.4 is 9.64 Å². The molecular formula is C55H59N3O16S3. The van der Waals surface area contributed by atoms with Crippen LogP contribution in [0.4, 0.5) is 11.4 Å². The summed E-state index contributed by atoms with van der Waals surface area (Å²) in [4.78, 5) is 43.0. The van der Waals surface area contributed by atoms with Crippen LogP contribution in [-0.2, 0) is 69.9 Å². The zero-order chi connectivity index (χ0) is 55.7. The zero-order valence-electron chi connectivity index (χ0n) is 43.1. The molecule has 5 aromatic rings. The summed E-state index contributed by atoms with van der Waals surface area (Å²) in [5.41, 5.74) is 3.97. The van der Waals surface area contributed by atoms with Crippen LogP contribution in [0.15, 0.2) is 125 Å². The third-order valence-electron chi connectivity index (χ3n) is 14.4. The van der Waals surface area contributed by atoms with E-state index in [9.17, 15) is 53.3 Å². The minimum absolute atomic E-state index is 0.00821. The lowest BCUT2D eigenvalue weighted by molar-refractivity contribution is -0.437. The monoisotopic (exact) mass is 1110 g/mol. The smallest absolute Gasteiger partial charge is 0.370 e. The summed E-state index contributed by atoms with van der Waals surface area (Å²) in [5.74, 6) is -2.54. The van der Waals surface area contributed by atoms with E-state index in [1.807, 2.05) is 55.2 Å². The van der Waals surface area contributed by atoms with Gasteiger partial charge in [-0.2, -0.15) is 21.4 Å². The van der Waals surface area contributed by atoms with E-state index in [4.69, 9.17) is 19.0 Å². The standard InChI is InChI=1S/C55H59N3O16S3/c1-6-29-56-44-21-14-38-13-19-40(76(65,66)67)34-43(38)53(44)55(3,28-32-72-5)47(56)23-15-37(36-11-17-39(18-12-36)73-35-51(61)74-58-49(59)25-26-50(58)60)16-24-48-54(2,27-31-71-4)52-42-9-7-10-46(77(68,69)70)41(42)20-22-45(52)57(48)30-8-33-75(62,63)64/h7,9-24,34H,6,8,25-33,35H2,1-5H3,(H2-,62,63,64,65,66,67,68,69,70). The van der Waals surface area contributed by atoms with Crippen molar-refractivity contribution < 1.29 is 76.9 Å². The normalized spacial score (nSPS) is 19.6. The highest BCUT2D eigenvalue weighted by molar-refractivity contribution is 7.86. The number of fused-ring (bicyclic) bond motifs is 6. The zero-order valence-corrected chi connectivity index (χ0v) is 45.5. The van der Waals surface area contributed by atoms with Gasteiger partial charge in [-0.3, -0.25) is 18.7 Å². The Kier molecular flexibility index (Phi) is 16.4. The van der Waals surface area contributed by atoms with Gasteiger partial charge in [-0.25, -0.2) is 13.2 Å². The number of allylic oxidation sites excluding steroid dienone is 6. The van der Waals surface area contributed by atoms with Crippen molar-refractivity contribution in [2.24, 2.45) is 0 Å². The van der Waals surface area contributed by atoms with Crippen molar-refractivity contribution in [2.45, 2.75) is 79.9 Å². The molecule has 2 atom stereocenters. The van der Waals surface area contributed by atoms with Gasteiger partial charge in [0.05, 0.1) is 21.0 Å². The number of anilines is 1. The summed E-state index contributed by atoms with van der Waals surface area (Å²) < 4.78 is 126. The fourth-order valence-electron chi connectivity index (χ4n) is 10.7. The highest BCUT2D eigenvalue weighted by atomic mass is 32.2. The van der Waals surface area contributed by atoms with Gasteiger partial charge in [0.15, 0.2) is 12.3 Å². The van der Waals surface area contributed by atoms with Crippen molar-refractivity contribution in [3.63, 3.8) is 0 Å². The molecule has 0 bridgehead atoms. The Hall–Kier alpha value is -6.63. The summed E-state index contributed by atoms with van der Waals surface area (Å²) in [7, 11) is -10.7. The fraction of sp³-hybridized carbons (Fsp3) is 0.345. The quantitative estimate of drug-likeness (QED) is 0.0293. The van der Waals surface area contributed by atoms with Gasteiger partial charge in [0.25, 0.3) is 32.1 Å². The number of methoxy groups -OCH3 is 2. The predicted octanol–water partition coefficient (Wildman–Crippen LogP) is 7.55. The average Bonchev–Trinajstić information content (AvgIpc) is 4.03. The minimum atomic E-state index is -4.92. The number of rotatable bonds is 22. The molecule has 0 aliphatic carbocycles. The van der Waals surface area contributed by atoms with Crippen LogP contribution in [0.1, 0.15) is 76.0 Å². The van der Waals surface area contributed by atoms with Crippen LogP contribution in [0.2, 0.25) is 0 Å². The molecule has 22 heteroatoms. The molecule has 0 saturated carbocycles. The van der Waals surface area contributed by atoms with Crippen LogP contribution in [0.5, 0.6) is 5.75 Å². The maximum absolute atomic E-state index is 12.7. The van der Waals surface area contributed by atoms with E-state index in [-0.39, 0.29) is 48.4 Å². The number of ether oxygens (including phenoxy) is 3. The SMILES string of the molecule is CCC[N+]1=C(/C=C/C(=C/C=C2/N(CCCS(=O)(=O)O)c3ccc4c(S(=O)(=O)[O-])cccc4c3C2(C)CCOC)c2ccc(OCC(=O)ON3C(=O)CCC3=O)cc2)C(C)(CCOC)c2c1ccc1ccc(S(=O)(=O)O)cc21. The largest absolute Gasteiger partial charge is 0.744 e. The molecule has 0 radical (unpaired) electrons. The lowest BCUT2D eigenvalue weighted by Gasteiger charge is -2.30. The molecular weight excluding hydrogens is 1050 g/mol. The highest BCUT2D eigenvalue weighted by Gasteiger charge is 2.49. The van der Waals surface area contributed by atoms with Crippen LogP contribution >= 0.6 is 0 Å². The van der Waals surface area contributed by atoms with Gasteiger partial charge in [-0.05, 0) is 126 Å². The highest BCUT2D eigenvalue weighted by Crippen LogP contribution is 2.54. The molecule has 0 spiro atoms. The molecule has 0 aromatic heterocycles. The third kappa shape index (κ3) is 11.7. The van der Waals surface area contributed by atoms with Crippen molar-refractivity contribution in [1.82, 2.24) is 5.06 Å². The number of carbonyl (C=O) groups excluding carboxylic acids is 3. The molecule has 5 aromatic carbocycles. The van der Waals surface area contributed by atoms with Gasteiger partial charge in [0.2, 0.25) is 5.69 Å². The summed E-state index contributed by atoms with van der Waals surface area (Å²) in [6.45, 7) is 6.64. The second-order valence-corrected chi connectivity index (χ2v) is 23.8. The maximum atomic E-state index is 12.7. The maximum Gasteiger partial charge on any atom is 0.370 e. The van der Waals surface area contributed by atoms with E-state index in [0.717, 1.165) is 28.8 Å². The van der Waals surface area contributed by atoms with Crippen LogP contribution in [0.3, 0.4) is 0 Å². The van der Waals surface area contributed by atoms with E-state index in [0.29, 0.717) is 69.9 Å². The van der Waals surface area contributed by atoms with Gasteiger partial charge in [-0.15, -0.1) is 5.06 Å². The number of amides is 2. The fourth-order valence-corrected chi connectivity index (χ4v) is 12.4. The molecule has 3 aliphatic heterocycles. The summed E-state index contributed by atoms with van der Waals surface area (Å²) >= 11 is 0. The second kappa shape index (κ2) is 22.4. The van der Waals surface area contributed by atoms with Crippen molar-refractivity contribution in [3.8, 4) is 5.75 Å². The Balaban J connectivity index is 1.31. The van der Waals surface area contributed by atoms with E-state index in [2.05, 4.69) is 11.5 Å². The summed E-state index contributed by atoms with van der Waals surface area (Å²) in [6.07, 6.45) is 9.04. The van der Waals surface area contributed by atoms with Crippen LogP contribution in [-0.4, -0.2) is 125 Å². The van der Waals surface area contributed by atoms with Crippen molar-refractivity contribution >= 4 is 92.3 Å². The van der Waals surface area contributed by atoms with Crippen LogP contribution in [0, 0.1) is 0 Å². The molecule has 1 fully saturated rings. The van der Waals surface area contributed by atoms with Gasteiger partial charge in [0, 0.05) is 87.7 Å². The van der Waals surface area contributed by atoms with Crippen LogP contribution in [0.25, 0.3) is 27.1 Å². The van der Waals surface area contributed by atoms with Gasteiger partial charge in [0.1, 0.15) is 22.4 Å². The molecule has 408 valence electrons. The molecule has 2 N–H and O–H groups in total. The second-order valence-electron chi connectivity index (χ2n) is 19.4. The third-order valence-corrected chi connectivity index (χ3v) is 16.9. The number of hydroxylamine groups is 2. The summed E-state index contributed by atoms with van der Waals surface area (Å²) in [6, 6.07) is 22.9. The van der Waals surface area contributed by atoms with Crippen molar-refractivity contribution in [1.29, 1.82) is 0 Å². The summed E-state index contributed by atoms with van der Waals surface area (Å²) in [5, 5.41) is 2.53. The number of hydrogen-bond acceptors (Lipinski definition) is 15. The Bertz CT molecular complexity index is 3650. The number of benzene rings is 5. The first-order valence-corrected chi connectivity index (χ1v) is 29.2. The van der Waals surface area contributed by atoms with E-state index >= 15 is 0 Å². The first kappa shape index (κ1) is 56.6. The number of imide groups is 1. The molecule has 8 rings (SSSR count). The number of nitrogens with zero attached hydrogens (tertiary/aromatic N) is 3. The molecule has 2 unspecified atom stereocenters. The van der Waals surface area contributed by atoms with E-state index in [1.54, 1.807) is 62.8 Å². The molecule has 2 amide bonds. The molecule has 77 heavy (non-hydrogen) atoms. The Morgan fingerprint density at radius 2 is 1.49 bits per heavy atom. The lowest BCUT2D eigenvalue weighted by Crippen LogP contribution is -2.33. The Morgan fingerprint density at radius 3 is 2.13 bits per heavy atom. The molecule has 3 aliphatic rings. The van der Waals surface area contributed by atoms with Gasteiger partial charge in [-0.1, -0.05) is 49.4 Å². The van der Waals surface area contributed by atoms with E-state index in [1.165, 1.54) is 24.3 Å². The average molecular weight is 1110 g/mol. The molecule has 19 nitrogen and oxygen atoms in total. The van der Waals surface area contributed by atoms with Gasteiger partial charge < -0.3 is 28.5 Å². The van der Waals surface area contributed by atoms with Gasteiger partial charge >= 0.3 is 5.97 Å². The minimum Gasteiger partial charge on any atom is -0.744 e. The molecule has 1 saturated heterocycles. The first-order valence-electron chi connectivity index (χ1n) is 24.8. The Labute approximate surface area is 447 Å². The molecule has 3 heterocycles. The topological polar surface area (TPSA) is 264 Å². The number of hydrogen-bond donors (Lipinski definition) is 2. The lowest BCUT2D eigenvalue weighted by atomic mass is 9.74. The van der Waals surface area contributed by atoms with E-state index < -0.39 is 76.2 Å². The van der Waals surface area contributed by atoms with Crippen molar-refractivity contribution in [3.05, 3.63) is 132 Å². The predicted molar refractivity (Wildman–Crippen MR) is 286 cm³/mol. The first-order chi connectivity index (χ1) is 36.4. The van der Waals surface area contributed by atoms with Crippen molar-refractivity contribution in [2.75, 3.05) is 57.8 Å². The Morgan fingerprint density at radius 1 is 0.818 bits per heavy atom.